The topological polar surface area (TPSA) is 77.6 Å². The van der Waals surface area contributed by atoms with E-state index in [0.717, 1.165) is 23.5 Å². The first-order valence-electron chi connectivity index (χ1n) is 9.12. The second-order valence-electron chi connectivity index (χ2n) is 6.89. The summed E-state index contributed by atoms with van der Waals surface area (Å²) in [4.78, 5) is 17.1. The van der Waals surface area contributed by atoms with Gasteiger partial charge in [-0.15, -0.1) is 0 Å². The van der Waals surface area contributed by atoms with Gasteiger partial charge in [0.1, 0.15) is 17.3 Å². The number of carbonyl (C=O) groups is 1. The van der Waals surface area contributed by atoms with E-state index in [1.54, 1.807) is 23.9 Å². The summed E-state index contributed by atoms with van der Waals surface area (Å²) in [5.41, 5.74) is 2.60. The van der Waals surface area contributed by atoms with Crippen LogP contribution in [0.25, 0.3) is 17.1 Å². The monoisotopic (exact) mass is 408 g/mol. The van der Waals surface area contributed by atoms with E-state index in [9.17, 15) is 13.6 Å². The number of halogens is 2. The van der Waals surface area contributed by atoms with Crippen molar-refractivity contribution >= 4 is 11.6 Å². The summed E-state index contributed by atoms with van der Waals surface area (Å²) < 4.78 is 30.6. The van der Waals surface area contributed by atoms with Crippen LogP contribution >= 0.6 is 0 Å². The lowest BCUT2D eigenvalue weighted by Crippen LogP contribution is -2.13. The van der Waals surface area contributed by atoms with Gasteiger partial charge in [-0.1, -0.05) is 0 Å². The zero-order valence-electron chi connectivity index (χ0n) is 16.5. The lowest BCUT2D eigenvalue weighted by Gasteiger charge is -2.08. The highest BCUT2D eigenvalue weighted by Gasteiger charge is 2.20. The molecule has 1 aromatic carbocycles. The SMILES string of the molecule is Cc1cc(C)n(-c2ccc(NC(=O)c3cn(C)nc3-c3ccc(F)cc3F)cn2)n1. The van der Waals surface area contributed by atoms with Crippen molar-refractivity contribution in [2.75, 3.05) is 5.32 Å². The number of hydrogen-bond donors (Lipinski definition) is 1. The number of aromatic nitrogens is 5. The fraction of sp³-hybridized carbons (Fsp3) is 0.143. The molecule has 152 valence electrons. The average Bonchev–Trinajstić information content (AvgIpc) is 3.24. The quantitative estimate of drug-likeness (QED) is 0.557. The van der Waals surface area contributed by atoms with E-state index in [2.05, 4.69) is 20.5 Å². The molecule has 4 rings (SSSR count). The third-order valence-electron chi connectivity index (χ3n) is 4.49. The van der Waals surface area contributed by atoms with E-state index in [1.165, 1.54) is 23.1 Å². The van der Waals surface area contributed by atoms with Gasteiger partial charge < -0.3 is 5.32 Å². The predicted octanol–water partition coefficient (Wildman–Crippen LogP) is 3.82. The molecule has 0 atom stereocenters. The molecule has 0 radical (unpaired) electrons. The highest BCUT2D eigenvalue weighted by atomic mass is 19.1. The molecule has 4 aromatic rings. The van der Waals surface area contributed by atoms with Crippen LogP contribution in [0.3, 0.4) is 0 Å². The van der Waals surface area contributed by atoms with Crippen LogP contribution in [-0.4, -0.2) is 30.5 Å². The number of rotatable bonds is 4. The van der Waals surface area contributed by atoms with Gasteiger partial charge in [-0.3, -0.25) is 9.48 Å². The summed E-state index contributed by atoms with van der Waals surface area (Å²) in [5.74, 6) is -1.36. The van der Waals surface area contributed by atoms with Crippen LogP contribution in [0.2, 0.25) is 0 Å². The van der Waals surface area contributed by atoms with Crippen LogP contribution in [-0.2, 0) is 7.05 Å². The van der Waals surface area contributed by atoms with Crippen molar-refractivity contribution in [3.63, 3.8) is 0 Å². The number of aryl methyl sites for hydroxylation is 3. The van der Waals surface area contributed by atoms with E-state index < -0.39 is 17.5 Å². The van der Waals surface area contributed by atoms with Crippen LogP contribution in [0.4, 0.5) is 14.5 Å². The number of nitrogens with one attached hydrogen (secondary N) is 1. The van der Waals surface area contributed by atoms with Gasteiger partial charge >= 0.3 is 0 Å². The molecule has 0 aliphatic heterocycles. The number of anilines is 1. The van der Waals surface area contributed by atoms with Crippen molar-refractivity contribution in [2.24, 2.45) is 7.05 Å². The zero-order valence-corrected chi connectivity index (χ0v) is 16.5. The molecule has 7 nitrogen and oxygen atoms in total. The van der Waals surface area contributed by atoms with E-state index in [1.807, 2.05) is 19.9 Å². The first kappa shape index (κ1) is 19.4. The van der Waals surface area contributed by atoms with Crippen LogP contribution in [0.15, 0.2) is 48.8 Å². The van der Waals surface area contributed by atoms with Gasteiger partial charge in [-0.25, -0.2) is 18.4 Å². The Morgan fingerprint density at radius 1 is 1.07 bits per heavy atom. The predicted molar refractivity (Wildman–Crippen MR) is 107 cm³/mol. The number of hydrogen-bond acceptors (Lipinski definition) is 4. The molecule has 1 N–H and O–H groups in total. The normalized spacial score (nSPS) is 11.0. The minimum atomic E-state index is -0.793. The third kappa shape index (κ3) is 3.69. The Hall–Kier alpha value is -3.88. The summed E-state index contributed by atoms with van der Waals surface area (Å²) >= 11 is 0. The second kappa shape index (κ2) is 7.51. The molecule has 0 spiro atoms. The maximum atomic E-state index is 14.2. The highest BCUT2D eigenvalue weighted by Crippen LogP contribution is 2.26. The fourth-order valence-electron chi connectivity index (χ4n) is 3.18. The molecule has 9 heteroatoms. The lowest BCUT2D eigenvalue weighted by atomic mass is 10.1. The van der Waals surface area contributed by atoms with E-state index in [-0.39, 0.29) is 16.8 Å². The summed E-state index contributed by atoms with van der Waals surface area (Å²) in [6.45, 7) is 3.82. The molecule has 30 heavy (non-hydrogen) atoms. The molecule has 1 amide bonds. The minimum absolute atomic E-state index is 0.0418. The Kier molecular flexibility index (Phi) is 4.86. The van der Waals surface area contributed by atoms with Gasteiger partial charge in [0.05, 0.1) is 23.1 Å². The standard InChI is InChI=1S/C21H18F2N6O/c1-12-8-13(2)29(26-12)19-7-5-15(10-24-19)25-21(30)17-11-28(3)27-20(17)16-6-4-14(22)9-18(16)23/h4-11H,1-3H3,(H,25,30). The molecule has 3 aromatic heterocycles. The van der Waals surface area contributed by atoms with E-state index >= 15 is 0 Å². The smallest absolute Gasteiger partial charge is 0.259 e. The van der Waals surface area contributed by atoms with Crippen molar-refractivity contribution in [2.45, 2.75) is 13.8 Å². The maximum absolute atomic E-state index is 14.2. The van der Waals surface area contributed by atoms with Gasteiger partial charge in [0.15, 0.2) is 5.82 Å². The number of amides is 1. The highest BCUT2D eigenvalue weighted by molar-refractivity contribution is 6.08. The van der Waals surface area contributed by atoms with Crippen molar-refractivity contribution < 1.29 is 13.6 Å². The molecule has 0 aliphatic rings. The summed E-state index contributed by atoms with van der Waals surface area (Å²) in [6, 6.07) is 8.51. The van der Waals surface area contributed by atoms with Crippen molar-refractivity contribution in [3.05, 3.63) is 77.4 Å². The number of carbonyl (C=O) groups excluding carboxylic acids is 1. The molecule has 0 saturated heterocycles. The van der Waals surface area contributed by atoms with Gasteiger partial charge in [0.2, 0.25) is 0 Å². The molecular formula is C21H18F2N6O. The van der Waals surface area contributed by atoms with Crippen molar-refractivity contribution in [3.8, 4) is 17.1 Å². The number of pyridine rings is 1. The molecule has 3 heterocycles. The Bertz CT molecular complexity index is 1240. The summed E-state index contributed by atoms with van der Waals surface area (Å²) in [6.07, 6.45) is 2.99. The molecular weight excluding hydrogens is 390 g/mol. The lowest BCUT2D eigenvalue weighted by molar-refractivity contribution is 0.102. The number of benzene rings is 1. The largest absolute Gasteiger partial charge is 0.320 e. The Morgan fingerprint density at radius 2 is 1.87 bits per heavy atom. The van der Waals surface area contributed by atoms with Crippen LogP contribution in [0, 0.1) is 25.5 Å². The third-order valence-corrected chi connectivity index (χ3v) is 4.49. The molecule has 0 fully saturated rings. The first-order valence-corrected chi connectivity index (χ1v) is 9.12. The van der Waals surface area contributed by atoms with Gasteiger partial charge in [-0.2, -0.15) is 10.2 Å². The maximum Gasteiger partial charge on any atom is 0.259 e. The summed E-state index contributed by atoms with van der Waals surface area (Å²) in [7, 11) is 1.62. The Labute approximate surface area is 171 Å². The summed E-state index contributed by atoms with van der Waals surface area (Å²) in [5, 5.41) is 11.3. The Balaban J connectivity index is 1.60. The first-order chi connectivity index (χ1) is 14.3. The average molecular weight is 408 g/mol. The van der Waals surface area contributed by atoms with Gasteiger partial charge in [0, 0.05) is 30.6 Å². The van der Waals surface area contributed by atoms with Crippen molar-refractivity contribution in [1.82, 2.24) is 24.5 Å². The minimum Gasteiger partial charge on any atom is -0.320 e. The molecule has 0 saturated carbocycles. The van der Waals surface area contributed by atoms with E-state index in [0.29, 0.717) is 11.5 Å². The number of nitrogens with zero attached hydrogens (tertiary/aromatic N) is 5. The molecule has 0 aliphatic carbocycles. The van der Waals surface area contributed by atoms with Crippen LogP contribution in [0.1, 0.15) is 21.7 Å². The van der Waals surface area contributed by atoms with Crippen LogP contribution in [0.5, 0.6) is 0 Å². The van der Waals surface area contributed by atoms with E-state index in [4.69, 9.17) is 0 Å². The van der Waals surface area contributed by atoms with Gasteiger partial charge in [-0.05, 0) is 44.2 Å². The molecule has 0 unspecified atom stereocenters. The zero-order chi connectivity index (χ0) is 21.4. The fourth-order valence-corrected chi connectivity index (χ4v) is 3.18. The van der Waals surface area contributed by atoms with Crippen LogP contribution < -0.4 is 5.32 Å². The van der Waals surface area contributed by atoms with Crippen molar-refractivity contribution in [1.29, 1.82) is 0 Å². The van der Waals surface area contributed by atoms with Gasteiger partial charge in [0.25, 0.3) is 5.91 Å². The Morgan fingerprint density at radius 3 is 2.50 bits per heavy atom. The second-order valence-corrected chi connectivity index (χ2v) is 6.89. The molecule has 0 bridgehead atoms.